The van der Waals surface area contributed by atoms with Crippen LogP contribution in [-0.4, -0.2) is 11.1 Å². The first kappa shape index (κ1) is 60.5. The monoisotopic (exact) mass is 1150 g/mol. The molecule has 1 heterocycles. The fraction of sp³-hybridized carbons (Fsp3) is 0.196. The molecule has 0 spiro atoms. The van der Waals surface area contributed by atoms with Crippen LogP contribution in [0.15, 0.2) is 146 Å². The van der Waals surface area contributed by atoms with Gasteiger partial charge in [0.1, 0.15) is 6.15 Å². The SMILES string of the molecule is FC(F)(F)c1cc([B-](c2cc(C(F)(F)F)cc(C(F)(F)F)c2)(c2cc(C(F)(F)F)cc(C(F)(F)F)c2)c2cc(C(F)(F)F)cc(C(F)(F)F)c2)cc(C(F)(F)F)c1.N#Cc1ccc(Cc2cncc[n+]2Cc2ccccc2)cc1. The molecule has 7 rings (SSSR count). The topological polar surface area (TPSA) is 40.6 Å². The van der Waals surface area contributed by atoms with Gasteiger partial charge in [0.15, 0.2) is 12.7 Å². The Balaban J connectivity index is 0.000000378. The van der Waals surface area contributed by atoms with Crippen LogP contribution in [0.5, 0.6) is 0 Å². The smallest absolute Gasteiger partial charge is 0.252 e. The Kier molecular flexibility index (Phi) is 16.5. The van der Waals surface area contributed by atoms with E-state index in [9.17, 15) is 105 Å². The lowest BCUT2D eigenvalue weighted by Gasteiger charge is -2.46. The van der Waals surface area contributed by atoms with Gasteiger partial charge in [0, 0.05) is 5.56 Å². The second-order valence-corrected chi connectivity index (χ2v) is 17.4. The molecular weight excluding hydrogens is 1120 g/mol. The number of nitriles is 1. The highest BCUT2D eigenvalue weighted by Gasteiger charge is 2.47. The molecule has 79 heavy (non-hydrogen) atoms. The van der Waals surface area contributed by atoms with E-state index in [0.29, 0.717) is 5.56 Å². The van der Waals surface area contributed by atoms with E-state index in [1.54, 1.807) is 0 Å². The van der Waals surface area contributed by atoms with Crippen LogP contribution < -0.4 is 26.4 Å². The fourth-order valence-electron chi connectivity index (χ4n) is 8.48. The predicted molar refractivity (Wildman–Crippen MR) is 234 cm³/mol. The third-order valence-corrected chi connectivity index (χ3v) is 12.0. The maximum atomic E-state index is 14.2. The molecule has 1 aromatic heterocycles. The van der Waals surface area contributed by atoms with Gasteiger partial charge < -0.3 is 0 Å². The first-order chi connectivity index (χ1) is 36.1. The summed E-state index contributed by atoms with van der Waals surface area (Å²) in [5, 5.41) is 8.86. The summed E-state index contributed by atoms with van der Waals surface area (Å²) in [4.78, 5) is 4.24. The summed E-state index contributed by atoms with van der Waals surface area (Å²) in [5.41, 5.74) is -25.9. The number of halogens is 24. The summed E-state index contributed by atoms with van der Waals surface area (Å²) >= 11 is 0. The first-order valence-corrected chi connectivity index (χ1v) is 21.8. The highest BCUT2D eigenvalue weighted by Crippen LogP contribution is 2.41. The number of nitrogens with zero attached hydrogens (tertiary/aromatic N) is 3. The molecule has 0 saturated heterocycles. The van der Waals surface area contributed by atoms with Crippen LogP contribution >= 0.6 is 0 Å². The van der Waals surface area contributed by atoms with Crippen molar-refractivity contribution in [3.63, 3.8) is 0 Å². The highest BCUT2D eigenvalue weighted by molar-refractivity contribution is 7.20. The standard InChI is InChI=1S/C32H12BF24.C19H16N3/c34-25(35,36)13-1-14(26(37,38)39)6-21(5-13)33(22-7-15(27(40,41)42)2-16(8-22)28(43,44)45,23-9-17(29(46,47)48)3-18(10-23)30(49,50)51)24-11-19(31(52,53)54)4-20(12-24)32(55,56)57;20-13-17-8-6-16(7-9-17)12-19-14-21-10-11-22(19)15-18-4-2-1-3-5-18/h1-12H;1-11,14H,12,15H2/q-1;+1. The molecule has 418 valence electrons. The van der Waals surface area contributed by atoms with Gasteiger partial charge in [-0.3, -0.25) is 4.98 Å². The van der Waals surface area contributed by atoms with Crippen LogP contribution in [0.3, 0.4) is 0 Å². The van der Waals surface area contributed by atoms with Crippen LogP contribution in [0.1, 0.15) is 66.9 Å². The largest absolute Gasteiger partial charge is 0.416 e. The third-order valence-electron chi connectivity index (χ3n) is 12.0. The molecule has 0 fully saturated rings. The van der Waals surface area contributed by atoms with Crippen LogP contribution in [0, 0.1) is 11.3 Å². The summed E-state index contributed by atoms with van der Waals surface area (Å²) < 4.78 is 343. The van der Waals surface area contributed by atoms with E-state index < -0.39 is 195 Å². The van der Waals surface area contributed by atoms with Crippen molar-refractivity contribution in [3.05, 3.63) is 213 Å². The Morgan fingerprint density at radius 3 is 0.937 bits per heavy atom. The summed E-state index contributed by atoms with van der Waals surface area (Å²) in [6.45, 7) is 0.828. The van der Waals surface area contributed by atoms with Gasteiger partial charge in [-0.2, -0.15) is 137 Å². The minimum Gasteiger partial charge on any atom is -0.252 e. The van der Waals surface area contributed by atoms with Crippen LogP contribution in [0.2, 0.25) is 0 Å². The van der Waals surface area contributed by atoms with Crippen molar-refractivity contribution in [2.45, 2.75) is 62.4 Å². The van der Waals surface area contributed by atoms with Gasteiger partial charge in [-0.15, -0.1) is 0 Å². The average molecular weight is 1150 g/mol. The summed E-state index contributed by atoms with van der Waals surface area (Å²) in [6.07, 6.45) is -48.3. The molecule has 0 atom stereocenters. The molecule has 0 aliphatic rings. The van der Waals surface area contributed by atoms with E-state index in [1.165, 1.54) is 11.1 Å². The second kappa shape index (κ2) is 21.5. The van der Waals surface area contributed by atoms with Crippen molar-refractivity contribution in [3.8, 4) is 6.07 Å². The fourth-order valence-corrected chi connectivity index (χ4v) is 8.48. The quantitative estimate of drug-likeness (QED) is 0.0864. The molecule has 0 radical (unpaired) electrons. The van der Waals surface area contributed by atoms with Gasteiger partial charge in [-0.05, 0) is 42.0 Å². The van der Waals surface area contributed by atoms with Crippen LogP contribution in [0.4, 0.5) is 105 Å². The zero-order valence-electron chi connectivity index (χ0n) is 38.8. The van der Waals surface area contributed by atoms with Crippen molar-refractivity contribution in [2.75, 3.05) is 0 Å². The lowest BCUT2D eigenvalue weighted by atomic mass is 9.12. The first-order valence-electron chi connectivity index (χ1n) is 21.8. The van der Waals surface area contributed by atoms with Crippen LogP contribution in [-0.2, 0) is 62.4 Å². The van der Waals surface area contributed by atoms with E-state index in [1.807, 2.05) is 48.9 Å². The number of alkyl halides is 24. The van der Waals surface area contributed by atoms with E-state index >= 15 is 0 Å². The Hall–Kier alpha value is -7.73. The molecule has 7 aromatic rings. The minimum atomic E-state index is -6.13. The molecule has 0 bridgehead atoms. The van der Waals surface area contributed by atoms with E-state index in [4.69, 9.17) is 5.26 Å². The van der Waals surface area contributed by atoms with Gasteiger partial charge in [0.2, 0.25) is 5.69 Å². The average Bonchev–Trinajstić information content (AvgIpc) is 3.34. The molecular formula is C51H28BF24N3. The highest BCUT2D eigenvalue weighted by atomic mass is 19.4. The maximum Gasteiger partial charge on any atom is 0.416 e. The number of aromatic nitrogens is 2. The van der Waals surface area contributed by atoms with Gasteiger partial charge in [0.05, 0.1) is 75.0 Å². The van der Waals surface area contributed by atoms with Crippen molar-refractivity contribution in [1.29, 1.82) is 5.26 Å². The van der Waals surface area contributed by atoms with Gasteiger partial charge in [-0.25, -0.2) is 0 Å². The zero-order chi connectivity index (χ0) is 59.1. The van der Waals surface area contributed by atoms with Crippen molar-refractivity contribution in [2.24, 2.45) is 0 Å². The molecule has 6 aromatic carbocycles. The van der Waals surface area contributed by atoms with Crippen molar-refractivity contribution >= 4 is 28.0 Å². The Labute approximate surface area is 428 Å². The van der Waals surface area contributed by atoms with E-state index in [-0.39, 0.29) is 0 Å². The molecule has 0 unspecified atom stereocenters. The molecule has 28 heteroatoms. The minimum absolute atomic E-state index is 0.687. The van der Waals surface area contributed by atoms with Crippen molar-refractivity contribution in [1.82, 2.24) is 4.98 Å². The normalized spacial score (nSPS) is 13.2. The Bertz CT molecular complexity index is 2900. The summed E-state index contributed by atoms with van der Waals surface area (Å²) in [6, 6.07) is 11.4. The molecule has 0 amide bonds. The van der Waals surface area contributed by atoms with Gasteiger partial charge in [0.25, 0.3) is 0 Å². The van der Waals surface area contributed by atoms with Gasteiger partial charge in [-0.1, -0.05) is 91.0 Å². The predicted octanol–water partition coefficient (Wildman–Crippen LogP) is 14.1. The van der Waals surface area contributed by atoms with Crippen LogP contribution in [0.25, 0.3) is 0 Å². The van der Waals surface area contributed by atoms with Gasteiger partial charge >= 0.3 is 49.4 Å². The van der Waals surface area contributed by atoms with Crippen molar-refractivity contribution < 1.29 is 110 Å². The third kappa shape index (κ3) is 14.3. The molecule has 3 nitrogen and oxygen atoms in total. The Morgan fingerprint density at radius 1 is 0.380 bits per heavy atom. The lowest BCUT2D eigenvalue weighted by molar-refractivity contribution is -0.695. The number of hydrogen-bond acceptors (Lipinski definition) is 2. The lowest BCUT2D eigenvalue weighted by Crippen LogP contribution is -2.75. The molecule has 0 saturated carbocycles. The molecule has 0 aliphatic carbocycles. The number of benzene rings is 6. The van der Waals surface area contributed by atoms with E-state index in [0.717, 1.165) is 18.7 Å². The number of hydrogen-bond donors (Lipinski definition) is 0. The number of rotatable bonds is 8. The second-order valence-electron chi connectivity index (χ2n) is 17.4. The maximum absolute atomic E-state index is 14.2. The molecule has 0 N–H and O–H groups in total. The molecule has 0 aliphatic heterocycles. The summed E-state index contributed by atoms with van der Waals surface area (Å²) in [5.74, 6) is 0. The Morgan fingerprint density at radius 2 is 0.671 bits per heavy atom. The zero-order valence-corrected chi connectivity index (χ0v) is 38.8. The summed E-state index contributed by atoms with van der Waals surface area (Å²) in [7, 11) is 0. The van der Waals surface area contributed by atoms with E-state index in [2.05, 4.69) is 39.9 Å².